The first-order valence-corrected chi connectivity index (χ1v) is 7.24. The average Bonchev–Trinajstić information content (AvgIpc) is 2.59. The van der Waals surface area contributed by atoms with Crippen LogP contribution >= 0.6 is 0 Å². The smallest absolute Gasteiger partial charge is 0.338 e. The maximum atomic E-state index is 12.2. The van der Waals surface area contributed by atoms with Gasteiger partial charge in [0, 0.05) is 6.07 Å². The normalized spacial score (nSPS) is 10.5. The fourth-order valence-electron chi connectivity index (χ4n) is 2.47. The lowest BCUT2D eigenvalue weighted by molar-refractivity contribution is -0.383. The maximum absolute atomic E-state index is 12.2. The molecule has 0 spiro atoms. The molecule has 0 aliphatic rings. The van der Waals surface area contributed by atoms with Crippen molar-refractivity contribution in [3.63, 3.8) is 0 Å². The molecule has 0 unspecified atom stereocenters. The summed E-state index contributed by atoms with van der Waals surface area (Å²) >= 11 is 0. The minimum Gasteiger partial charge on any atom is -0.457 e. The van der Waals surface area contributed by atoms with Gasteiger partial charge in [0.15, 0.2) is 0 Å². The van der Waals surface area contributed by atoms with Crippen LogP contribution in [0.3, 0.4) is 0 Å². The molecule has 3 aromatic carbocycles. The van der Waals surface area contributed by atoms with Crippen LogP contribution in [-0.2, 0) is 11.3 Å². The van der Waals surface area contributed by atoms with E-state index in [9.17, 15) is 14.9 Å². The third-order valence-corrected chi connectivity index (χ3v) is 3.70. The lowest BCUT2D eigenvalue weighted by Crippen LogP contribution is -2.07. The molecule has 0 saturated carbocycles. The first-order valence-electron chi connectivity index (χ1n) is 7.24. The van der Waals surface area contributed by atoms with Crippen molar-refractivity contribution in [2.75, 3.05) is 5.73 Å². The number of nitro groups is 1. The van der Waals surface area contributed by atoms with E-state index in [2.05, 4.69) is 0 Å². The van der Waals surface area contributed by atoms with E-state index in [0.29, 0.717) is 0 Å². The van der Waals surface area contributed by atoms with Gasteiger partial charge in [0.25, 0.3) is 5.69 Å². The first-order chi connectivity index (χ1) is 11.6. The second-order valence-corrected chi connectivity index (χ2v) is 5.25. The number of fused-ring (bicyclic) bond motifs is 1. The summed E-state index contributed by atoms with van der Waals surface area (Å²) in [6.45, 7) is 0.0817. The minimum absolute atomic E-state index is 0.00519. The quantitative estimate of drug-likeness (QED) is 0.342. The maximum Gasteiger partial charge on any atom is 0.338 e. The Bertz CT molecular complexity index is 932. The van der Waals surface area contributed by atoms with E-state index in [1.807, 2.05) is 42.5 Å². The van der Waals surface area contributed by atoms with E-state index < -0.39 is 10.9 Å². The zero-order chi connectivity index (χ0) is 17.1. The van der Waals surface area contributed by atoms with Gasteiger partial charge in [-0.3, -0.25) is 10.1 Å². The standard InChI is InChI=1S/C18H14N2O4/c19-16-9-8-13(10-17(16)20(22)23)18(21)24-11-14-6-3-5-12-4-1-2-7-15(12)14/h1-10H,11,19H2. The van der Waals surface area contributed by atoms with Crippen molar-refractivity contribution in [3.8, 4) is 0 Å². The van der Waals surface area contributed by atoms with E-state index in [-0.39, 0.29) is 23.5 Å². The number of nitro benzene ring substituents is 1. The Morgan fingerprint density at radius 3 is 2.62 bits per heavy atom. The Morgan fingerprint density at radius 1 is 1.08 bits per heavy atom. The molecule has 0 aliphatic heterocycles. The van der Waals surface area contributed by atoms with Crippen LogP contribution in [0.5, 0.6) is 0 Å². The van der Waals surface area contributed by atoms with Crippen LogP contribution < -0.4 is 5.73 Å². The largest absolute Gasteiger partial charge is 0.457 e. The van der Waals surface area contributed by atoms with Crippen LogP contribution in [0.2, 0.25) is 0 Å². The van der Waals surface area contributed by atoms with Gasteiger partial charge in [-0.05, 0) is 28.5 Å². The molecule has 3 rings (SSSR count). The lowest BCUT2D eigenvalue weighted by Gasteiger charge is -2.08. The SMILES string of the molecule is Nc1ccc(C(=O)OCc2cccc3ccccc23)cc1[N+](=O)[O-]. The molecule has 0 radical (unpaired) electrons. The summed E-state index contributed by atoms with van der Waals surface area (Å²) in [7, 11) is 0. The number of ether oxygens (including phenoxy) is 1. The van der Waals surface area contributed by atoms with Gasteiger partial charge in [-0.1, -0.05) is 42.5 Å². The number of esters is 1. The van der Waals surface area contributed by atoms with Gasteiger partial charge in [0.05, 0.1) is 10.5 Å². The van der Waals surface area contributed by atoms with Crippen LogP contribution in [0.4, 0.5) is 11.4 Å². The highest BCUT2D eigenvalue weighted by atomic mass is 16.6. The fourth-order valence-corrected chi connectivity index (χ4v) is 2.47. The number of benzene rings is 3. The highest BCUT2D eigenvalue weighted by Crippen LogP contribution is 2.24. The molecule has 0 saturated heterocycles. The van der Waals surface area contributed by atoms with Crippen molar-refractivity contribution >= 4 is 28.1 Å². The Balaban J connectivity index is 1.80. The van der Waals surface area contributed by atoms with Crippen LogP contribution in [0.1, 0.15) is 15.9 Å². The summed E-state index contributed by atoms with van der Waals surface area (Å²) in [6.07, 6.45) is 0. The van der Waals surface area contributed by atoms with E-state index >= 15 is 0 Å². The highest BCUT2D eigenvalue weighted by molar-refractivity contribution is 5.91. The van der Waals surface area contributed by atoms with Crippen LogP contribution in [0.15, 0.2) is 60.7 Å². The second kappa shape index (κ2) is 6.37. The third-order valence-electron chi connectivity index (χ3n) is 3.70. The Kier molecular flexibility index (Phi) is 4.11. The second-order valence-electron chi connectivity index (χ2n) is 5.25. The van der Waals surface area contributed by atoms with Gasteiger partial charge >= 0.3 is 5.97 Å². The molecule has 0 aromatic heterocycles. The summed E-state index contributed by atoms with van der Waals surface area (Å²) < 4.78 is 5.29. The monoisotopic (exact) mass is 322 g/mol. The number of anilines is 1. The van der Waals surface area contributed by atoms with Gasteiger partial charge in [0.2, 0.25) is 0 Å². The number of nitrogens with zero attached hydrogens (tertiary/aromatic N) is 1. The molecular weight excluding hydrogens is 308 g/mol. The number of carbonyl (C=O) groups excluding carboxylic acids is 1. The molecule has 6 heteroatoms. The molecule has 0 bridgehead atoms. The molecule has 120 valence electrons. The number of nitrogen functional groups attached to an aromatic ring is 1. The number of rotatable bonds is 4. The van der Waals surface area contributed by atoms with Gasteiger partial charge in [-0.2, -0.15) is 0 Å². The molecule has 2 N–H and O–H groups in total. The summed E-state index contributed by atoms with van der Waals surface area (Å²) in [5.74, 6) is -0.633. The molecular formula is C18H14N2O4. The van der Waals surface area contributed by atoms with Crippen molar-refractivity contribution < 1.29 is 14.5 Å². The average molecular weight is 322 g/mol. The number of carbonyl (C=O) groups is 1. The summed E-state index contributed by atoms with van der Waals surface area (Å²) in [5.41, 5.74) is 6.18. The molecule has 0 fully saturated rings. The number of hydrogen-bond donors (Lipinski definition) is 1. The van der Waals surface area contributed by atoms with Crippen molar-refractivity contribution in [3.05, 3.63) is 81.9 Å². The summed E-state index contributed by atoms with van der Waals surface area (Å²) in [6, 6.07) is 17.4. The fraction of sp³-hybridized carbons (Fsp3) is 0.0556. The molecule has 0 heterocycles. The molecule has 0 aliphatic carbocycles. The molecule has 6 nitrogen and oxygen atoms in total. The van der Waals surface area contributed by atoms with Gasteiger partial charge < -0.3 is 10.5 Å². The zero-order valence-electron chi connectivity index (χ0n) is 12.6. The van der Waals surface area contributed by atoms with E-state index in [0.717, 1.165) is 22.4 Å². The van der Waals surface area contributed by atoms with Gasteiger partial charge in [-0.25, -0.2) is 4.79 Å². The summed E-state index contributed by atoms with van der Waals surface area (Å²) in [5, 5.41) is 12.9. The zero-order valence-corrected chi connectivity index (χ0v) is 12.6. The third kappa shape index (κ3) is 3.03. The predicted molar refractivity (Wildman–Crippen MR) is 90.6 cm³/mol. The molecule has 0 atom stereocenters. The van der Waals surface area contributed by atoms with Crippen LogP contribution in [0.25, 0.3) is 10.8 Å². The highest BCUT2D eigenvalue weighted by Gasteiger charge is 2.16. The van der Waals surface area contributed by atoms with Crippen LogP contribution in [-0.4, -0.2) is 10.9 Å². The topological polar surface area (TPSA) is 95.5 Å². The number of nitrogens with two attached hydrogens (primary N) is 1. The van der Waals surface area contributed by atoms with Gasteiger partial charge in [0.1, 0.15) is 12.3 Å². The molecule has 0 amide bonds. The molecule has 24 heavy (non-hydrogen) atoms. The predicted octanol–water partition coefficient (Wildman–Crippen LogP) is 3.69. The lowest BCUT2D eigenvalue weighted by atomic mass is 10.1. The Hall–Kier alpha value is -3.41. The van der Waals surface area contributed by atoms with E-state index in [1.165, 1.54) is 12.1 Å². The van der Waals surface area contributed by atoms with Crippen molar-refractivity contribution in [2.45, 2.75) is 6.61 Å². The van der Waals surface area contributed by atoms with Crippen molar-refractivity contribution in [2.24, 2.45) is 0 Å². The van der Waals surface area contributed by atoms with E-state index in [1.54, 1.807) is 0 Å². The Labute approximate surface area is 137 Å². The van der Waals surface area contributed by atoms with E-state index in [4.69, 9.17) is 10.5 Å². The van der Waals surface area contributed by atoms with Crippen molar-refractivity contribution in [1.29, 1.82) is 0 Å². The van der Waals surface area contributed by atoms with Crippen molar-refractivity contribution in [1.82, 2.24) is 0 Å². The van der Waals surface area contributed by atoms with Gasteiger partial charge in [-0.15, -0.1) is 0 Å². The minimum atomic E-state index is -0.633. The van der Waals surface area contributed by atoms with Crippen LogP contribution in [0, 0.1) is 10.1 Å². The summed E-state index contributed by atoms with van der Waals surface area (Å²) in [4.78, 5) is 22.4. The Morgan fingerprint density at radius 2 is 1.83 bits per heavy atom. The number of hydrogen-bond acceptors (Lipinski definition) is 5. The molecule has 3 aromatic rings. The first kappa shape index (κ1) is 15.5.